The molecule has 0 radical (unpaired) electrons. The SMILES string of the molecule is CC=C(NC(=O)C(NC(=O)CNC(=O)C(C)C(O)C=CC(C)=CC(C)CC)C(C)O)C(=O)NC(C(=O)NC1C(=O)NC(COC)C(=O)NCC(=O)NC(C)C(=O)N(C)C(C(C)O)C(=O)NC(C(OC)c2ccc(O)cc2)C(=O)N2CCCCC2C(=O)OC1C(C)C)C(C)C(C)C(N)=O. The maximum atomic E-state index is 15.3. The number of methoxy groups -OCH3 is 2. The van der Waals surface area contributed by atoms with Gasteiger partial charge in [0.25, 0.3) is 5.91 Å². The lowest BCUT2D eigenvalue weighted by atomic mass is 9.87. The van der Waals surface area contributed by atoms with Gasteiger partial charge >= 0.3 is 5.97 Å². The smallest absolute Gasteiger partial charge is 0.329 e. The molecule has 1 aromatic rings. The maximum Gasteiger partial charge on any atom is 0.329 e. The number of ether oxygens (including phenoxy) is 3. The highest BCUT2D eigenvalue weighted by Crippen LogP contribution is 2.29. The molecular formula is C66H102N12O20. The largest absolute Gasteiger partial charge is 0.508 e. The van der Waals surface area contributed by atoms with Gasteiger partial charge in [0.2, 0.25) is 65.0 Å². The van der Waals surface area contributed by atoms with Crippen LogP contribution in [-0.4, -0.2) is 227 Å². The van der Waals surface area contributed by atoms with Crippen LogP contribution in [0.3, 0.4) is 0 Å². The highest BCUT2D eigenvalue weighted by molar-refractivity contribution is 6.03. The van der Waals surface area contributed by atoms with Crippen molar-refractivity contribution in [2.75, 3.05) is 47.5 Å². The number of nitrogens with one attached hydrogen (secondary N) is 9. The van der Waals surface area contributed by atoms with Crippen LogP contribution < -0.4 is 53.6 Å². The molecule has 0 spiro atoms. The van der Waals surface area contributed by atoms with E-state index < -0.39 is 205 Å². The molecule has 2 heterocycles. The van der Waals surface area contributed by atoms with Crippen LogP contribution in [0.5, 0.6) is 5.75 Å². The molecule has 2 fully saturated rings. The van der Waals surface area contributed by atoms with Crippen LogP contribution in [-0.2, 0) is 76.5 Å². The van der Waals surface area contributed by atoms with Gasteiger partial charge in [-0.05, 0) is 89.3 Å². The van der Waals surface area contributed by atoms with Gasteiger partial charge in [-0.15, -0.1) is 0 Å². The third kappa shape index (κ3) is 24.0. The van der Waals surface area contributed by atoms with E-state index in [1.807, 2.05) is 26.8 Å². The number of nitrogens with two attached hydrogens (primary N) is 1. The second-order valence-corrected chi connectivity index (χ2v) is 25.2. The molecule has 1 aromatic carbocycles. The Morgan fingerprint density at radius 3 is 2.02 bits per heavy atom. The molecule has 12 amide bonds. The molecule has 17 unspecified atom stereocenters. The Balaban J connectivity index is 2.16. The van der Waals surface area contributed by atoms with Crippen LogP contribution in [0.4, 0.5) is 0 Å². The van der Waals surface area contributed by atoms with Gasteiger partial charge in [0, 0.05) is 33.7 Å². The van der Waals surface area contributed by atoms with E-state index in [0.717, 1.165) is 34.8 Å². The highest BCUT2D eigenvalue weighted by atomic mass is 16.5. The van der Waals surface area contributed by atoms with Crippen molar-refractivity contribution >= 4 is 76.9 Å². The normalized spacial score (nSPS) is 23.9. The summed E-state index contributed by atoms with van der Waals surface area (Å²) in [6, 6.07) is -8.52. The summed E-state index contributed by atoms with van der Waals surface area (Å²) in [6.07, 6.45) is -0.0199. The minimum atomic E-state index is -2.08. The standard InChI is InChI=1S/C66H102N12O20/c1-16-33(5)28-34(6)21-26-46(82)37(9)57(86)68-30-48(84)73-50(39(11)79)61(90)71-43(17-2)59(88)74-49(35(7)36(8)56(67)85)60(89)75-51-54(32(3)4)98-66(95)45-20-18-19-27-78(45)65(94)52(55(97-15)41-22-24-42(81)25-23-41)76-63(92)53(40(12)80)77(13)64(93)38(10)70-47(83)29-69-58(87)44(31-96-14)72-62(51)91/h17,21-26,28,32-33,35-40,44-46,49-55,79-82H,16,18-20,27,29-31H2,1-15H3,(H2,67,85)(H,68,86)(H,69,87)(H,70,83)(H,71,90)(H,72,91)(H,73,84)(H,74,88)(H,75,89)(H,76,92). The average Bonchev–Trinajstić information content (AvgIpc) is 0.802. The van der Waals surface area contributed by atoms with Crippen molar-refractivity contribution in [3.8, 4) is 5.75 Å². The number of primary amides is 1. The lowest BCUT2D eigenvalue weighted by Gasteiger charge is -2.40. The van der Waals surface area contributed by atoms with Crippen molar-refractivity contribution < 1.29 is 97.0 Å². The summed E-state index contributed by atoms with van der Waals surface area (Å²) >= 11 is 0. The van der Waals surface area contributed by atoms with E-state index >= 15 is 19.2 Å². The average molecular weight is 1380 g/mol. The first kappa shape index (κ1) is 83.4. The number of aromatic hydroxyl groups is 1. The van der Waals surface area contributed by atoms with Crippen molar-refractivity contribution in [1.29, 1.82) is 0 Å². The number of hydrogen-bond donors (Lipinski definition) is 14. The molecule has 2 aliphatic rings. The molecule has 0 aromatic heterocycles. The fraction of sp³-hybridized carbons (Fsp3) is 0.621. The van der Waals surface area contributed by atoms with Crippen molar-refractivity contribution in [2.24, 2.45) is 35.3 Å². The molecule has 0 bridgehead atoms. The first-order valence-electron chi connectivity index (χ1n) is 32.6. The number of phenolic OH excluding ortho intramolecular Hbond substituents is 1. The predicted octanol–water partition coefficient (Wildman–Crippen LogP) is -2.24. The number of hydrogen-bond acceptors (Lipinski definition) is 20. The number of carbonyl (C=O) groups excluding carboxylic acids is 13. The Hall–Kier alpha value is -8.85. The van der Waals surface area contributed by atoms with Crippen LogP contribution in [0.25, 0.3) is 0 Å². The van der Waals surface area contributed by atoms with Crippen LogP contribution >= 0.6 is 0 Å². The van der Waals surface area contributed by atoms with Gasteiger partial charge in [0.15, 0.2) is 0 Å². The van der Waals surface area contributed by atoms with Gasteiger partial charge in [-0.25, -0.2) is 4.79 Å². The van der Waals surface area contributed by atoms with E-state index in [0.29, 0.717) is 12.8 Å². The number of cyclic esters (lactones) is 1. The number of fused-ring (bicyclic) bond motifs is 1. The van der Waals surface area contributed by atoms with Gasteiger partial charge in [0.05, 0.1) is 43.9 Å². The number of piperidine rings is 1. The van der Waals surface area contributed by atoms with Crippen LogP contribution in [0.1, 0.15) is 120 Å². The summed E-state index contributed by atoms with van der Waals surface area (Å²) < 4.78 is 17.3. The van der Waals surface area contributed by atoms with Gasteiger partial charge in [-0.1, -0.05) is 96.9 Å². The number of carbonyl (C=O) groups is 13. The molecule has 546 valence electrons. The molecule has 2 saturated heterocycles. The first-order chi connectivity index (χ1) is 46.0. The lowest BCUT2D eigenvalue weighted by molar-refractivity contribution is -0.168. The van der Waals surface area contributed by atoms with Crippen LogP contribution in [0.2, 0.25) is 0 Å². The van der Waals surface area contributed by atoms with E-state index in [4.69, 9.17) is 19.9 Å². The zero-order chi connectivity index (χ0) is 74.2. The number of esters is 1. The molecule has 17 atom stereocenters. The second-order valence-electron chi connectivity index (χ2n) is 25.2. The molecular weight excluding hydrogens is 1280 g/mol. The number of aliphatic hydroxyl groups excluding tert-OH is 3. The lowest BCUT2D eigenvalue weighted by Crippen LogP contribution is -2.64. The summed E-state index contributed by atoms with van der Waals surface area (Å²) in [4.78, 5) is 186. The number of rotatable bonds is 26. The monoisotopic (exact) mass is 1380 g/mol. The van der Waals surface area contributed by atoms with Gasteiger partial charge in [-0.2, -0.15) is 0 Å². The summed E-state index contributed by atoms with van der Waals surface area (Å²) in [7, 11) is 3.56. The first-order valence-corrected chi connectivity index (χ1v) is 32.6. The zero-order valence-electron chi connectivity index (χ0n) is 58.5. The fourth-order valence-electron chi connectivity index (χ4n) is 10.8. The molecule has 0 saturated carbocycles. The molecule has 32 heteroatoms. The van der Waals surface area contributed by atoms with Crippen LogP contribution in [0, 0.1) is 29.6 Å². The number of nitrogens with zero attached hydrogens (tertiary/aromatic N) is 2. The summed E-state index contributed by atoms with van der Waals surface area (Å²) in [5.41, 5.74) is 6.26. The molecule has 2 aliphatic heterocycles. The summed E-state index contributed by atoms with van der Waals surface area (Å²) in [6.45, 7) is 15.6. The predicted molar refractivity (Wildman–Crippen MR) is 354 cm³/mol. The molecule has 0 aliphatic carbocycles. The number of aliphatic hydroxyl groups is 3. The van der Waals surface area contributed by atoms with Crippen molar-refractivity contribution in [2.45, 2.75) is 188 Å². The third-order valence-corrected chi connectivity index (χ3v) is 17.1. The highest BCUT2D eigenvalue weighted by Gasteiger charge is 2.47. The zero-order valence-corrected chi connectivity index (χ0v) is 58.5. The summed E-state index contributed by atoms with van der Waals surface area (Å²) in [5, 5.41) is 64.4. The molecule has 3 rings (SSSR count). The Kier molecular flexibility index (Phi) is 33.6. The Morgan fingerprint density at radius 1 is 0.816 bits per heavy atom. The third-order valence-electron chi connectivity index (χ3n) is 17.1. The van der Waals surface area contributed by atoms with Crippen molar-refractivity contribution in [3.63, 3.8) is 0 Å². The van der Waals surface area contributed by atoms with Gasteiger partial charge in [0.1, 0.15) is 72.0 Å². The minimum Gasteiger partial charge on any atom is -0.508 e. The summed E-state index contributed by atoms with van der Waals surface area (Å²) in [5.74, 6) is -18.1. The van der Waals surface area contributed by atoms with Crippen molar-refractivity contribution in [1.82, 2.24) is 57.7 Å². The number of amides is 12. The molecule has 98 heavy (non-hydrogen) atoms. The quantitative estimate of drug-likeness (QED) is 0.0265. The number of phenols is 1. The second kappa shape index (κ2) is 39.5. The fourth-order valence-corrected chi connectivity index (χ4v) is 10.8. The van der Waals surface area contributed by atoms with E-state index in [9.17, 15) is 63.6 Å². The maximum absolute atomic E-state index is 15.3. The number of allylic oxidation sites excluding steroid dienone is 4. The van der Waals surface area contributed by atoms with E-state index in [1.54, 1.807) is 6.08 Å². The minimum absolute atomic E-state index is 0.0765. The molecule has 15 N–H and O–H groups in total. The van der Waals surface area contributed by atoms with E-state index in [-0.39, 0.29) is 30.2 Å². The Morgan fingerprint density at radius 2 is 1.46 bits per heavy atom. The van der Waals surface area contributed by atoms with Gasteiger partial charge in [-0.3, -0.25) is 57.5 Å². The Labute approximate surface area is 571 Å². The number of likely N-dealkylation sites (N-methyl/N-ethyl adjacent to an activating group) is 1. The Bertz CT molecular complexity index is 3080. The number of benzene rings is 1. The van der Waals surface area contributed by atoms with Crippen molar-refractivity contribution in [3.05, 3.63) is 65.4 Å². The topological polar surface area (TPSA) is 471 Å². The van der Waals surface area contributed by atoms with E-state index in [1.165, 1.54) is 107 Å². The molecule has 32 nitrogen and oxygen atoms in total. The van der Waals surface area contributed by atoms with Gasteiger partial charge < -0.3 is 98.0 Å². The van der Waals surface area contributed by atoms with E-state index in [2.05, 4.69) is 47.9 Å². The van der Waals surface area contributed by atoms with Crippen LogP contribution in [0.15, 0.2) is 59.8 Å².